The largest absolute Gasteiger partial charge is 1.00 e. The second-order valence-corrected chi connectivity index (χ2v) is 7.27. The molecule has 2 atom stereocenters. The Morgan fingerprint density at radius 1 is 1.32 bits per heavy atom. The van der Waals surface area contributed by atoms with Crippen LogP contribution in [0.15, 0.2) is 24.3 Å². The Morgan fingerprint density at radius 2 is 1.92 bits per heavy atom. The molecule has 2 N–H and O–H groups in total. The van der Waals surface area contributed by atoms with E-state index in [0.717, 1.165) is 5.69 Å². The molecule has 2 heterocycles. The molecule has 25 heavy (non-hydrogen) atoms. The van der Waals surface area contributed by atoms with Crippen LogP contribution in [0.3, 0.4) is 0 Å². The minimum atomic E-state index is -4.57. The molecule has 2 aliphatic rings. The molecule has 1 aromatic carbocycles. The summed E-state index contributed by atoms with van der Waals surface area (Å²) in [5.41, 5.74) is 1.56. The predicted molar refractivity (Wildman–Crippen MR) is 88.2 cm³/mol. The monoisotopic (exact) mass is 378 g/mol. The Balaban J connectivity index is 0.00000169. The van der Waals surface area contributed by atoms with Gasteiger partial charge in [0.25, 0.3) is 5.91 Å². The van der Waals surface area contributed by atoms with Gasteiger partial charge in [0.2, 0.25) is 0 Å². The van der Waals surface area contributed by atoms with Gasteiger partial charge in [-0.2, -0.15) is 8.42 Å². The molecule has 0 aliphatic carbocycles. The van der Waals surface area contributed by atoms with Gasteiger partial charge in [-0.3, -0.25) is 9.35 Å². The van der Waals surface area contributed by atoms with Crippen molar-refractivity contribution in [2.24, 2.45) is 0 Å². The molecule has 3 amide bonds. The van der Waals surface area contributed by atoms with E-state index >= 15 is 0 Å². The molecule has 2 saturated heterocycles. The number of hydrogen-bond acceptors (Lipinski definition) is 5. The molecule has 0 bridgehead atoms. The quantitative estimate of drug-likeness (QED) is 0.342. The number of β-lactam (4-membered cyclic amide) rings is 1. The average Bonchev–Trinajstić information content (AvgIpc) is 2.85. The number of nitrogens with zero attached hydrogens (tertiary/aromatic N) is 3. The van der Waals surface area contributed by atoms with Crippen LogP contribution in [0, 0.1) is 0 Å². The van der Waals surface area contributed by atoms with Crippen LogP contribution in [0.1, 0.15) is 7.85 Å². The molecular formula is C14H19N4NaO5S. The fourth-order valence-corrected chi connectivity index (χ4v) is 3.98. The Hall–Kier alpha value is -1.33. The van der Waals surface area contributed by atoms with Crippen LogP contribution in [-0.4, -0.2) is 66.8 Å². The van der Waals surface area contributed by atoms with Gasteiger partial charge in [0.1, 0.15) is 6.04 Å². The van der Waals surface area contributed by atoms with Gasteiger partial charge < -0.3 is 16.5 Å². The summed E-state index contributed by atoms with van der Waals surface area (Å²) in [5, 5.41) is 2.69. The van der Waals surface area contributed by atoms with E-state index in [9.17, 15) is 18.0 Å². The van der Waals surface area contributed by atoms with Gasteiger partial charge >= 0.3 is 45.9 Å². The van der Waals surface area contributed by atoms with Gasteiger partial charge in [-0.05, 0) is 30.7 Å². The van der Waals surface area contributed by atoms with Crippen LogP contribution in [0.25, 0.3) is 0 Å². The van der Waals surface area contributed by atoms with Crippen molar-refractivity contribution in [3.8, 4) is 0 Å². The Bertz CT molecular complexity index is 789. The maximum atomic E-state index is 12.3. The van der Waals surface area contributed by atoms with Gasteiger partial charge in [-0.25, -0.2) is 9.10 Å². The molecule has 11 heteroatoms. The number of carbonyl (C=O) groups is 2. The van der Waals surface area contributed by atoms with E-state index in [2.05, 4.69) is 5.32 Å². The number of rotatable bonds is 3. The summed E-state index contributed by atoms with van der Waals surface area (Å²) in [6.07, 6.45) is 0.309. The smallest absolute Gasteiger partial charge is 1.00 e. The number of anilines is 2. The number of likely N-dealkylation sites (tertiary alicyclic amines) is 1. The standard InChI is InChI=1S/C14H18N4O5S.Na.H/c1-16(2)10-5-3-9(4-6-10)15-14(20)17-8-7-11-12(17)13(19)18(11)24(21,22)23;;/h3-6,11-12H,7-8H2,1-2H3,(H,15,20)(H,21,22,23);;/q;+1;-1/t11-,12+;;/m1../s1. The van der Waals surface area contributed by atoms with Gasteiger partial charge in [-0.15, -0.1) is 0 Å². The molecule has 9 nitrogen and oxygen atoms in total. The average molecular weight is 378 g/mol. The maximum Gasteiger partial charge on any atom is 1.00 e. The van der Waals surface area contributed by atoms with Crippen LogP contribution >= 0.6 is 0 Å². The number of benzene rings is 1. The number of urea groups is 1. The van der Waals surface area contributed by atoms with Gasteiger partial charge in [0.15, 0.2) is 0 Å². The number of nitrogens with one attached hydrogen (secondary N) is 1. The van der Waals surface area contributed by atoms with Crippen LogP contribution in [0.4, 0.5) is 16.2 Å². The summed E-state index contributed by atoms with van der Waals surface area (Å²) < 4.78 is 31.8. The summed E-state index contributed by atoms with van der Waals surface area (Å²) in [7, 11) is -0.762. The van der Waals surface area contributed by atoms with E-state index in [1.165, 1.54) is 4.90 Å². The third-order valence-corrected chi connectivity index (χ3v) is 5.23. The fraction of sp³-hybridized carbons (Fsp3) is 0.429. The van der Waals surface area contributed by atoms with E-state index in [0.29, 0.717) is 16.4 Å². The van der Waals surface area contributed by atoms with Crippen LogP contribution in [0.2, 0.25) is 0 Å². The van der Waals surface area contributed by atoms with Gasteiger partial charge in [0, 0.05) is 32.0 Å². The van der Waals surface area contributed by atoms with Gasteiger partial charge in [0.05, 0.1) is 6.04 Å². The van der Waals surface area contributed by atoms with Crippen molar-refractivity contribution in [1.82, 2.24) is 9.21 Å². The van der Waals surface area contributed by atoms with E-state index in [1.807, 2.05) is 31.1 Å². The molecule has 2 fully saturated rings. The summed E-state index contributed by atoms with van der Waals surface area (Å²) in [5.74, 6) is -0.780. The fourth-order valence-electron chi connectivity index (χ4n) is 3.08. The molecule has 0 aromatic heterocycles. The normalized spacial score (nSPS) is 22.0. The molecule has 0 spiro atoms. The van der Waals surface area contributed by atoms with Crippen molar-refractivity contribution in [1.29, 1.82) is 0 Å². The summed E-state index contributed by atoms with van der Waals surface area (Å²) >= 11 is 0. The van der Waals surface area contributed by atoms with Crippen LogP contribution in [0.5, 0.6) is 0 Å². The summed E-state index contributed by atoms with van der Waals surface area (Å²) in [6, 6.07) is 5.18. The minimum absolute atomic E-state index is 0. The first-order chi connectivity index (χ1) is 11.2. The second kappa shape index (κ2) is 7.12. The van der Waals surface area contributed by atoms with Gasteiger partial charge in [-0.1, -0.05) is 0 Å². The Kier molecular flexibility index (Phi) is 5.69. The first kappa shape index (κ1) is 20.0. The topological polar surface area (TPSA) is 110 Å². The first-order valence-electron chi connectivity index (χ1n) is 7.36. The zero-order chi connectivity index (χ0) is 17.6. The molecule has 132 valence electrons. The maximum absolute atomic E-state index is 12.3. The Morgan fingerprint density at radius 3 is 2.44 bits per heavy atom. The van der Waals surface area contributed by atoms with Crippen molar-refractivity contribution in [3.63, 3.8) is 0 Å². The number of hydrogen-bond donors (Lipinski definition) is 2. The van der Waals surface area contributed by atoms with Crippen molar-refractivity contribution in [3.05, 3.63) is 24.3 Å². The van der Waals surface area contributed by atoms with E-state index in [1.54, 1.807) is 12.1 Å². The predicted octanol–water partition coefficient (Wildman–Crippen LogP) is -2.51. The number of amides is 3. The van der Waals surface area contributed by atoms with E-state index in [-0.39, 0.29) is 37.5 Å². The molecule has 1 aromatic rings. The van der Waals surface area contributed by atoms with Crippen molar-refractivity contribution < 1.29 is 53.5 Å². The molecule has 3 rings (SSSR count). The molecular weight excluding hydrogens is 359 g/mol. The summed E-state index contributed by atoms with van der Waals surface area (Å²) in [6.45, 7) is 0.245. The first-order valence-corrected chi connectivity index (χ1v) is 8.75. The van der Waals surface area contributed by atoms with Crippen LogP contribution in [-0.2, 0) is 15.1 Å². The summed E-state index contributed by atoms with van der Waals surface area (Å²) in [4.78, 5) is 27.5. The molecule has 0 unspecified atom stereocenters. The van der Waals surface area contributed by atoms with Crippen molar-refractivity contribution >= 4 is 33.6 Å². The van der Waals surface area contributed by atoms with Crippen molar-refractivity contribution in [2.45, 2.75) is 18.5 Å². The second-order valence-electron chi connectivity index (χ2n) is 5.98. The van der Waals surface area contributed by atoms with E-state index < -0.39 is 34.3 Å². The van der Waals surface area contributed by atoms with Crippen LogP contribution < -0.4 is 39.8 Å². The molecule has 0 saturated carbocycles. The SMILES string of the molecule is CN(C)c1ccc(NC(=O)N2CC[C@@H]3[C@H]2C(=O)N3S(=O)(=O)O)cc1.[H-].[Na+]. The zero-order valence-electron chi connectivity index (χ0n) is 15.2. The Labute approximate surface area is 169 Å². The number of carbonyl (C=O) groups excluding carboxylic acids is 2. The zero-order valence-corrected chi connectivity index (χ0v) is 17.0. The third-order valence-electron chi connectivity index (χ3n) is 4.28. The minimum Gasteiger partial charge on any atom is -1.00 e. The molecule has 2 aliphatic heterocycles. The molecule has 0 radical (unpaired) electrons. The number of fused-ring (bicyclic) bond motifs is 1. The van der Waals surface area contributed by atoms with Crippen molar-refractivity contribution in [2.75, 3.05) is 30.9 Å². The third kappa shape index (κ3) is 3.63. The van der Waals surface area contributed by atoms with E-state index in [4.69, 9.17) is 4.55 Å².